The van der Waals surface area contributed by atoms with Gasteiger partial charge >= 0.3 is 0 Å². The Kier molecular flexibility index (Phi) is 5.38. The fraction of sp³-hybridized carbons (Fsp3) is 0.333. The second-order valence-corrected chi connectivity index (χ2v) is 7.80. The number of furan rings is 1. The van der Waals surface area contributed by atoms with E-state index in [9.17, 15) is 9.59 Å². The zero-order valence-electron chi connectivity index (χ0n) is 16.9. The molecule has 0 N–H and O–H groups in total. The van der Waals surface area contributed by atoms with Crippen LogP contribution in [0.1, 0.15) is 34.7 Å². The number of carbonyl (C=O) groups excluding carboxylic acids is 2. The maximum absolute atomic E-state index is 13.1. The van der Waals surface area contributed by atoms with Crippen molar-refractivity contribution in [2.45, 2.75) is 26.3 Å². The van der Waals surface area contributed by atoms with E-state index in [1.165, 1.54) is 0 Å². The molecule has 1 aliphatic rings. The van der Waals surface area contributed by atoms with Crippen LogP contribution < -0.4 is 0 Å². The zero-order valence-corrected chi connectivity index (χ0v) is 16.9. The van der Waals surface area contributed by atoms with Crippen LogP contribution in [0, 0.1) is 12.8 Å². The Hall–Kier alpha value is -3.08. The first-order valence-electron chi connectivity index (χ1n) is 10.1. The summed E-state index contributed by atoms with van der Waals surface area (Å²) in [6.07, 6.45) is 1.38. The van der Waals surface area contributed by atoms with Gasteiger partial charge in [-0.15, -0.1) is 0 Å². The van der Waals surface area contributed by atoms with Crippen molar-refractivity contribution in [2.24, 2.45) is 5.92 Å². The monoisotopic (exact) mass is 390 g/mol. The fourth-order valence-corrected chi connectivity index (χ4v) is 4.11. The molecule has 150 valence electrons. The van der Waals surface area contributed by atoms with E-state index in [0.717, 1.165) is 27.9 Å². The Bertz CT molecular complexity index is 1030. The van der Waals surface area contributed by atoms with Crippen LogP contribution in [0.4, 0.5) is 0 Å². The first-order valence-corrected chi connectivity index (χ1v) is 10.1. The number of hydrogen-bond donors (Lipinski definition) is 0. The lowest BCUT2D eigenvalue weighted by Crippen LogP contribution is -2.43. The van der Waals surface area contributed by atoms with E-state index in [0.29, 0.717) is 32.5 Å². The van der Waals surface area contributed by atoms with Crippen molar-refractivity contribution >= 4 is 22.6 Å². The van der Waals surface area contributed by atoms with Gasteiger partial charge in [0.2, 0.25) is 5.91 Å². The molecule has 2 aromatic carbocycles. The van der Waals surface area contributed by atoms with Gasteiger partial charge in [0.05, 0.1) is 6.54 Å². The predicted molar refractivity (Wildman–Crippen MR) is 112 cm³/mol. The molecule has 1 saturated heterocycles. The van der Waals surface area contributed by atoms with E-state index in [2.05, 4.69) is 0 Å². The van der Waals surface area contributed by atoms with Crippen molar-refractivity contribution in [3.8, 4) is 0 Å². The lowest BCUT2D eigenvalue weighted by Gasteiger charge is -2.33. The Morgan fingerprint density at radius 2 is 1.76 bits per heavy atom. The molecule has 0 bridgehead atoms. The van der Waals surface area contributed by atoms with Gasteiger partial charge in [-0.2, -0.15) is 0 Å². The topological polar surface area (TPSA) is 53.8 Å². The van der Waals surface area contributed by atoms with Crippen LogP contribution in [0.3, 0.4) is 0 Å². The SMILES string of the molecule is Cc1ccc(CN(C)C(=O)C2CCN(C(=O)c3cccc4ccccc34)CC2)o1. The molecule has 2 heterocycles. The van der Waals surface area contributed by atoms with Crippen LogP contribution in [0.15, 0.2) is 59.0 Å². The summed E-state index contributed by atoms with van der Waals surface area (Å²) in [5, 5.41) is 2.05. The number of likely N-dealkylation sites (tertiary alicyclic amines) is 1. The van der Waals surface area contributed by atoms with Crippen molar-refractivity contribution in [1.29, 1.82) is 0 Å². The molecular formula is C24H26N2O3. The highest BCUT2D eigenvalue weighted by Gasteiger charge is 2.30. The second kappa shape index (κ2) is 8.11. The van der Waals surface area contributed by atoms with Gasteiger partial charge in [-0.25, -0.2) is 0 Å². The molecule has 5 nitrogen and oxygen atoms in total. The quantitative estimate of drug-likeness (QED) is 0.669. The van der Waals surface area contributed by atoms with Crippen molar-refractivity contribution in [1.82, 2.24) is 9.80 Å². The minimum absolute atomic E-state index is 0.0483. The smallest absolute Gasteiger partial charge is 0.254 e. The third-order valence-electron chi connectivity index (χ3n) is 5.72. The molecule has 1 aromatic heterocycles. The minimum Gasteiger partial charge on any atom is -0.464 e. The molecule has 0 saturated carbocycles. The maximum atomic E-state index is 13.1. The van der Waals surface area contributed by atoms with Crippen LogP contribution in [0.25, 0.3) is 10.8 Å². The van der Waals surface area contributed by atoms with Crippen LogP contribution in [-0.2, 0) is 11.3 Å². The van der Waals surface area contributed by atoms with Gasteiger partial charge in [-0.05, 0) is 48.7 Å². The molecule has 29 heavy (non-hydrogen) atoms. The number of rotatable bonds is 4. The first kappa shape index (κ1) is 19.2. The summed E-state index contributed by atoms with van der Waals surface area (Å²) in [5.74, 6) is 1.76. The number of carbonyl (C=O) groups is 2. The molecule has 0 unspecified atom stereocenters. The number of hydrogen-bond acceptors (Lipinski definition) is 3. The molecule has 0 aliphatic carbocycles. The highest BCUT2D eigenvalue weighted by Crippen LogP contribution is 2.25. The van der Waals surface area contributed by atoms with Crippen molar-refractivity contribution in [2.75, 3.05) is 20.1 Å². The molecule has 0 atom stereocenters. The number of nitrogens with zero attached hydrogens (tertiary/aromatic N) is 2. The standard InChI is InChI=1S/C24H26N2O3/c1-17-10-11-20(29-17)16-25(2)23(27)19-12-14-26(15-13-19)24(28)22-9-5-7-18-6-3-4-8-21(18)22/h3-11,19H,12-16H2,1-2H3. The van der Waals surface area contributed by atoms with E-state index in [-0.39, 0.29) is 17.7 Å². The van der Waals surface area contributed by atoms with Gasteiger partial charge < -0.3 is 14.2 Å². The number of fused-ring (bicyclic) bond motifs is 1. The molecule has 4 rings (SSSR count). The molecule has 3 aromatic rings. The minimum atomic E-state index is -0.0485. The van der Waals surface area contributed by atoms with Crippen molar-refractivity contribution in [3.05, 3.63) is 71.7 Å². The largest absolute Gasteiger partial charge is 0.464 e. The number of amides is 2. The van der Waals surface area contributed by atoms with Crippen LogP contribution in [-0.4, -0.2) is 41.8 Å². The Morgan fingerprint density at radius 1 is 1.03 bits per heavy atom. The molecule has 1 fully saturated rings. The lowest BCUT2D eigenvalue weighted by molar-refractivity contribution is -0.136. The predicted octanol–water partition coefficient (Wildman–Crippen LogP) is 4.25. The molecule has 0 radical (unpaired) electrons. The van der Waals surface area contributed by atoms with Crippen molar-refractivity contribution < 1.29 is 14.0 Å². The second-order valence-electron chi connectivity index (χ2n) is 7.80. The lowest BCUT2D eigenvalue weighted by atomic mass is 9.94. The number of benzene rings is 2. The molecule has 2 amide bonds. The van der Waals surface area contributed by atoms with Gasteiger partial charge in [-0.1, -0.05) is 36.4 Å². The third kappa shape index (κ3) is 4.04. The molecule has 1 aliphatic heterocycles. The summed E-state index contributed by atoms with van der Waals surface area (Å²) >= 11 is 0. The van der Waals surface area contributed by atoms with E-state index in [1.807, 2.05) is 73.5 Å². The van der Waals surface area contributed by atoms with Gasteiger partial charge in [0.1, 0.15) is 11.5 Å². The average Bonchev–Trinajstić information content (AvgIpc) is 3.16. The highest BCUT2D eigenvalue weighted by atomic mass is 16.3. The van der Waals surface area contributed by atoms with Crippen molar-refractivity contribution in [3.63, 3.8) is 0 Å². The molecule has 0 spiro atoms. The van der Waals surface area contributed by atoms with Crippen LogP contribution in [0.2, 0.25) is 0 Å². The van der Waals surface area contributed by atoms with E-state index < -0.39 is 0 Å². The number of piperidine rings is 1. The summed E-state index contributed by atoms with van der Waals surface area (Å²) in [7, 11) is 1.81. The summed E-state index contributed by atoms with van der Waals surface area (Å²) in [6.45, 7) is 3.58. The Morgan fingerprint density at radius 3 is 2.48 bits per heavy atom. The maximum Gasteiger partial charge on any atom is 0.254 e. The molecule has 5 heteroatoms. The summed E-state index contributed by atoms with van der Waals surface area (Å²) in [6, 6.07) is 17.6. The normalized spacial score (nSPS) is 14.9. The third-order valence-corrected chi connectivity index (χ3v) is 5.72. The zero-order chi connectivity index (χ0) is 20.4. The van der Waals surface area contributed by atoms with E-state index >= 15 is 0 Å². The number of aryl methyl sites for hydroxylation is 1. The Labute approximate surface area is 170 Å². The Balaban J connectivity index is 1.38. The van der Waals surface area contributed by atoms with Gasteiger partial charge in [-0.3, -0.25) is 9.59 Å². The first-order chi connectivity index (χ1) is 14.0. The van der Waals surface area contributed by atoms with Crippen LogP contribution >= 0.6 is 0 Å². The van der Waals surface area contributed by atoms with Crippen LogP contribution in [0.5, 0.6) is 0 Å². The van der Waals surface area contributed by atoms with Gasteiger partial charge in [0.15, 0.2) is 0 Å². The van der Waals surface area contributed by atoms with E-state index in [1.54, 1.807) is 4.90 Å². The molecular weight excluding hydrogens is 364 g/mol. The summed E-state index contributed by atoms with van der Waals surface area (Å²) in [5.41, 5.74) is 0.734. The van der Waals surface area contributed by atoms with Gasteiger partial charge in [0.25, 0.3) is 5.91 Å². The van der Waals surface area contributed by atoms with Gasteiger partial charge in [0, 0.05) is 31.6 Å². The summed E-state index contributed by atoms with van der Waals surface area (Å²) in [4.78, 5) is 29.5. The summed E-state index contributed by atoms with van der Waals surface area (Å²) < 4.78 is 5.58. The fourth-order valence-electron chi connectivity index (χ4n) is 4.11. The average molecular weight is 390 g/mol. The highest BCUT2D eigenvalue weighted by molar-refractivity contribution is 6.07. The van der Waals surface area contributed by atoms with E-state index in [4.69, 9.17) is 4.42 Å².